The first kappa shape index (κ1) is 11.4. The number of nitrogens with zero attached hydrogens (tertiary/aromatic N) is 3. The monoisotopic (exact) mass is 279 g/mol. The minimum absolute atomic E-state index is 0.456. The van der Waals surface area contributed by atoms with E-state index in [0.29, 0.717) is 5.15 Å². The van der Waals surface area contributed by atoms with Gasteiger partial charge in [-0.25, -0.2) is 9.50 Å². The number of hydrogen-bond donors (Lipinski definition) is 0. The molecule has 20 heavy (non-hydrogen) atoms. The second-order valence-electron chi connectivity index (χ2n) is 4.60. The number of benzene rings is 2. The first-order valence-corrected chi connectivity index (χ1v) is 6.69. The Balaban J connectivity index is 2.09. The summed E-state index contributed by atoms with van der Waals surface area (Å²) in [6.45, 7) is 0. The highest BCUT2D eigenvalue weighted by Crippen LogP contribution is 2.28. The van der Waals surface area contributed by atoms with E-state index in [0.717, 1.165) is 16.9 Å². The van der Waals surface area contributed by atoms with Crippen molar-refractivity contribution in [1.82, 2.24) is 14.6 Å². The summed E-state index contributed by atoms with van der Waals surface area (Å²) in [6.07, 6.45) is 1.83. The number of halogens is 1. The topological polar surface area (TPSA) is 30.2 Å². The maximum absolute atomic E-state index is 5.99. The summed E-state index contributed by atoms with van der Waals surface area (Å²) in [7, 11) is 0. The molecule has 96 valence electrons. The van der Waals surface area contributed by atoms with E-state index in [2.05, 4.69) is 34.3 Å². The summed E-state index contributed by atoms with van der Waals surface area (Å²) in [5.41, 5.74) is 2.84. The zero-order valence-electron chi connectivity index (χ0n) is 10.5. The Morgan fingerprint density at radius 3 is 2.70 bits per heavy atom. The summed E-state index contributed by atoms with van der Waals surface area (Å²) >= 11 is 5.99. The third kappa shape index (κ3) is 1.67. The van der Waals surface area contributed by atoms with Crippen LogP contribution in [0.4, 0.5) is 0 Å². The minimum atomic E-state index is 0.456. The van der Waals surface area contributed by atoms with E-state index >= 15 is 0 Å². The molecular weight excluding hydrogens is 270 g/mol. The molecule has 2 heterocycles. The normalized spacial score (nSPS) is 11.2. The van der Waals surface area contributed by atoms with Gasteiger partial charge < -0.3 is 0 Å². The lowest BCUT2D eigenvalue weighted by molar-refractivity contribution is 0.944. The molecule has 0 N–H and O–H groups in total. The second-order valence-corrected chi connectivity index (χ2v) is 4.98. The molecule has 0 aliphatic carbocycles. The zero-order chi connectivity index (χ0) is 13.5. The van der Waals surface area contributed by atoms with Crippen LogP contribution < -0.4 is 0 Å². The first-order chi connectivity index (χ1) is 9.83. The molecule has 0 atom stereocenters. The molecule has 4 heteroatoms. The molecule has 0 radical (unpaired) electrons. The van der Waals surface area contributed by atoms with E-state index in [1.807, 2.05) is 30.5 Å². The van der Waals surface area contributed by atoms with Crippen LogP contribution in [-0.4, -0.2) is 14.6 Å². The summed E-state index contributed by atoms with van der Waals surface area (Å²) < 4.78 is 1.78. The molecule has 0 aliphatic heterocycles. The van der Waals surface area contributed by atoms with Crippen molar-refractivity contribution in [2.24, 2.45) is 0 Å². The van der Waals surface area contributed by atoms with Gasteiger partial charge >= 0.3 is 0 Å². The zero-order valence-corrected chi connectivity index (χ0v) is 11.2. The summed E-state index contributed by atoms with van der Waals surface area (Å²) in [5.74, 6) is 0. The van der Waals surface area contributed by atoms with Gasteiger partial charge in [0.25, 0.3) is 0 Å². The molecule has 0 saturated carbocycles. The maximum atomic E-state index is 5.99. The molecule has 4 rings (SSSR count). The van der Waals surface area contributed by atoms with E-state index in [4.69, 9.17) is 11.6 Å². The number of imidazole rings is 1. The Morgan fingerprint density at radius 2 is 1.75 bits per heavy atom. The van der Waals surface area contributed by atoms with Gasteiger partial charge in [-0.05, 0) is 22.9 Å². The predicted molar refractivity (Wildman–Crippen MR) is 80.9 cm³/mol. The van der Waals surface area contributed by atoms with E-state index in [-0.39, 0.29) is 0 Å². The van der Waals surface area contributed by atoms with Crippen LogP contribution in [-0.2, 0) is 0 Å². The Bertz CT molecular complexity index is 922. The molecule has 0 unspecified atom stereocenters. The summed E-state index contributed by atoms with van der Waals surface area (Å²) in [5, 5.41) is 7.17. The fourth-order valence-corrected chi connectivity index (χ4v) is 2.62. The van der Waals surface area contributed by atoms with Crippen LogP contribution in [0.2, 0.25) is 5.15 Å². The van der Waals surface area contributed by atoms with E-state index < -0.39 is 0 Å². The lowest BCUT2D eigenvalue weighted by Crippen LogP contribution is -1.94. The van der Waals surface area contributed by atoms with Crippen molar-refractivity contribution < 1.29 is 0 Å². The quantitative estimate of drug-likeness (QED) is 0.523. The Hall–Kier alpha value is -2.39. The molecule has 2 aromatic heterocycles. The lowest BCUT2D eigenvalue weighted by atomic mass is 10.0. The molecule has 3 nitrogen and oxygen atoms in total. The summed E-state index contributed by atoms with van der Waals surface area (Å²) in [6, 6.07) is 18.1. The van der Waals surface area contributed by atoms with Crippen LogP contribution in [0.1, 0.15) is 0 Å². The highest BCUT2D eigenvalue weighted by Gasteiger charge is 2.10. The molecule has 0 bridgehead atoms. The van der Waals surface area contributed by atoms with E-state index in [9.17, 15) is 0 Å². The van der Waals surface area contributed by atoms with Gasteiger partial charge in [0.15, 0.2) is 5.65 Å². The van der Waals surface area contributed by atoms with Crippen LogP contribution in [0.15, 0.2) is 60.8 Å². The van der Waals surface area contributed by atoms with Gasteiger partial charge in [0, 0.05) is 5.56 Å². The van der Waals surface area contributed by atoms with Gasteiger partial charge in [-0.3, -0.25) is 0 Å². The number of aromatic nitrogens is 3. The van der Waals surface area contributed by atoms with Crippen molar-refractivity contribution in [3.8, 4) is 11.3 Å². The van der Waals surface area contributed by atoms with Crippen molar-refractivity contribution >= 4 is 28.0 Å². The van der Waals surface area contributed by atoms with Crippen molar-refractivity contribution in [2.45, 2.75) is 0 Å². The molecule has 0 fully saturated rings. The van der Waals surface area contributed by atoms with Gasteiger partial charge in [0.05, 0.1) is 11.9 Å². The second kappa shape index (κ2) is 4.32. The first-order valence-electron chi connectivity index (χ1n) is 6.31. The predicted octanol–water partition coefficient (Wildman–Crippen LogP) is 4.20. The Labute approximate surface area is 120 Å². The third-order valence-electron chi connectivity index (χ3n) is 3.40. The number of rotatable bonds is 1. The molecule has 2 aromatic carbocycles. The van der Waals surface area contributed by atoms with Gasteiger partial charge in [0.1, 0.15) is 5.15 Å². The van der Waals surface area contributed by atoms with Crippen molar-refractivity contribution in [1.29, 1.82) is 0 Å². The SMILES string of the molecule is Clc1ccc2ncc(-c3cccc4ccccc34)n2n1. The molecule has 0 aliphatic rings. The van der Waals surface area contributed by atoms with Crippen molar-refractivity contribution in [2.75, 3.05) is 0 Å². The molecule has 0 amide bonds. The highest BCUT2D eigenvalue weighted by molar-refractivity contribution is 6.29. The van der Waals surface area contributed by atoms with Crippen LogP contribution in [0.3, 0.4) is 0 Å². The highest BCUT2D eigenvalue weighted by atomic mass is 35.5. The third-order valence-corrected chi connectivity index (χ3v) is 3.60. The van der Waals surface area contributed by atoms with Crippen LogP contribution in [0, 0.1) is 0 Å². The average molecular weight is 280 g/mol. The van der Waals surface area contributed by atoms with Gasteiger partial charge in [-0.2, -0.15) is 5.10 Å². The van der Waals surface area contributed by atoms with Crippen molar-refractivity contribution in [3.63, 3.8) is 0 Å². The van der Waals surface area contributed by atoms with Crippen LogP contribution >= 0.6 is 11.6 Å². The smallest absolute Gasteiger partial charge is 0.154 e. The van der Waals surface area contributed by atoms with Crippen molar-refractivity contribution in [3.05, 3.63) is 65.9 Å². The van der Waals surface area contributed by atoms with Gasteiger partial charge in [0.2, 0.25) is 0 Å². The van der Waals surface area contributed by atoms with E-state index in [1.54, 1.807) is 10.6 Å². The summed E-state index contributed by atoms with van der Waals surface area (Å²) in [4.78, 5) is 4.38. The maximum Gasteiger partial charge on any atom is 0.154 e. The lowest BCUT2D eigenvalue weighted by Gasteiger charge is -2.06. The average Bonchev–Trinajstić information content (AvgIpc) is 2.89. The number of fused-ring (bicyclic) bond motifs is 2. The van der Waals surface area contributed by atoms with E-state index in [1.165, 1.54) is 10.8 Å². The number of hydrogen-bond acceptors (Lipinski definition) is 2. The standard InChI is InChI=1S/C16H10ClN3/c17-15-8-9-16-18-10-14(20(16)19-15)13-7-3-5-11-4-1-2-6-12(11)13/h1-10H. The molecular formula is C16H10ClN3. The van der Waals surface area contributed by atoms with Gasteiger partial charge in [-0.15, -0.1) is 0 Å². The van der Waals surface area contributed by atoms with Crippen LogP contribution in [0.5, 0.6) is 0 Å². The Kier molecular flexibility index (Phi) is 2.47. The molecule has 0 spiro atoms. The minimum Gasteiger partial charge on any atom is -0.235 e. The fourth-order valence-electron chi connectivity index (χ4n) is 2.48. The molecule has 4 aromatic rings. The van der Waals surface area contributed by atoms with Gasteiger partial charge in [-0.1, -0.05) is 54.1 Å². The van der Waals surface area contributed by atoms with Crippen LogP contribution in [0.25, 0.3) is 27.7 Å². The molecule has 0 saturated heterocycles. The fraction of sp³-hybridized carbons (Fsp3) is 0. The Morgan fingerprint density at radius 1 is 0.900 bits per heavy atom. The largest absolute Gasteiger partial charge is 0.235 e.